The number of rotatable bonds is 6. The Bertz CT molecular complexity index is 985. The number of hydrogen-bond donors (Lipinski definition) is 1. The van der Waals surface area contributed by atoms with Crippen LogP contribution in [0.5, 0.6) is 5.75 Å². The highest BCUT2D eigenvalue weighted by Gasteiger charge is 2.19. The Morgan fingerprint density at radius 3 is 2.32 bits per heavy atom. The molecule has 0 bridgehead atoms. The van der Waals surface area contributed by atoms with E-state index in [-0.39, 0.29) is 4.90 Å². The van der Waals surface area contributed by atoms with Crippen LogP contribution in [0, 0.1) is 0 Å². The maximum atomic E-state index is 12.8. The van der Waals surface area contributed by atoms with Gasteiger partial charge < -0.3 is 4.74 Å². The van der Waals surface area contributed by atoms with Gasteiger partial charge in [0, 0.05) is 21.5 Å². The molecule has 0 saturated carbocycles. The fourth-order valence-electron chi connectivity index (χ4n) is 2.54. The van der Waals surface area contributed by atoms with E-state index in [9.17, 15) is 8.42 Å². The highest BCUT2D eigenvalue weighted by atomic mass is 35.5. The fourth-order valence-corrected chi connectivity index (χ4v) is 3.94. The molecule has 0 spiro atoms. The normalized spacial score (nSPS) is 11.4. The van der Waals surface area contributed by atoms with E-state index in [0.717, 1.165) is 11.8 Å². The lowest BCUT2D eigenvalue weighted by molar-refractivity contribution is 0.321. The van der Waals surface area contributed by atoms with Gasteiger partial charge in [-0.2, -0.15) is 0 Å². The molecule has 0 aromatic heterocycles. The van der Waals surface area contributed by atoms with E-state index in [1.807, 2.05) is 25.1 Å². The molecule has 0 saturated heterocycles. The number of fused-ring (bicyclic) bond motifs is 1. The van der Waals surface area contributed by atoms with Gasteiger partial charge in [0.05, 0.1) is 11.5 Å². The summed E-state index contributed by atoms with van der Waals surface area (Å²) in [7, 11) is -3.74. The third-order valence-corrected chi connectivity index (χ3v) is 5.38. The molecule has 1 N–H and O–H groups in total. The summed E-state index contributed by atoms with van der Waals surface area (Å²) in [5, 5.41) is 1.94. The minimum atomic E-state index is -3.74. The van der Waals surface area contributed by atoms with E-state index >= 15 is 0 Å². The molecule has 0 amide bonds. The zero-order valence-electron chi connectivity index (χ0n) is 13.7. The molecule has 0 aliphatic carbocycles. The zero-order chi connectivity index (χ0) is 17.9. The first-order chi connectivity index (χ1) is 12.0. The Labute approximate surface area is 152 Å². The Morgan fingerprint density at radius 2 is 1.64 bits per heavy atom. The van der Waals surface area contributed by atoms with E-state index in [4.69, 9.17) is 16.3 Å². The first-order valence-corrected chi connectivity index (χ1v) is 9.80. The minimum Gasteiger partial charge on any atom is -0.493 e. The Kier molecular flexibility index (Phi) is 5.16. The van der Waals surface area contributed by atoms with Crippen molar-refractivity contribution in [1.29, 1.82) is 0 Å². The summed E-state index contributed by atoms with van der Waals surface area (Å²) >= 11 is 5.85. The first kappa shape index (κ1) is 17.6. The molecular weight excluding hydrogens is 358 g/mol. The zero-order valence-corrected chi connectivity index (χ0v) is 15.3. The van der Waals surface area contributed by atoms with Gasteiger partial charge in [0.1, 0.15) is 5.75 Å². The van der Waals surface area contributed by atoms with Crippen LogP contribution in [0.2, 0.25) is 5.02 Å². The van der Waals surface area contributed by atoms with Crippen LogP contribution in [0.3, 0.4) is 0 Å². The van der Waals surface area contributed by atoms with Gasteiger partial charge in [-0.25, -0.2) is 8.42 Å². The van der Waals surface area contributed by atoms with E-state index in [0.29, 0.717) is 28.5 Å². The van der Waals surface area contributed by atoms with Crippen molar-refractivity contribution in [3.8, 4) is 5.75 Å². The molecule has 25 heavy (non-hydrogen) atoms. The van der Waals surface area contributed by atoms with Crippen LogP contribution in [-0.2, 0) is 10.0 Å². The molecule has 0 aliphatic heterocycles. The number of anilines is 1. The van der Waals surface area contributed by atoms with Gasteiger partial charge in [0.25, 0.3) is 10.0 Å². The van der Waals surface area contributed by atoms with E-state index in [1.54, 1.807) is 42.5 Å². The van der Waals surface area contributed by atoms with Crippen LogP contribution in [0.1, 0.15) is 13.3 Å². The molecule has 0 fully saturated rings. The number of halogens is 1. The number of sulfonamides is 1. The highest BCUT2D eigenvalue weighted by molar-refractivity contribution is 7.93. The lowest BCUT2D eigenvalue weighted by Crippen LogP contribution is -2.13. The molecule has 4 nitrogen and oxygen atoms in total. The SMILES string of the molecule is CCCOc1ccc(S(=O)(=O)Nc2ccc(Cl)cc2)c2ccccc12. The van der Waals surface area contributed by atoms with Crippen molar-refractivity contribution in [2.75, 3.05) is 11.3 Å². The van der Waals surface area contributed by atoms with Gasteiger partial charge in [-0.3, -0.25) is 4.72 Å². The van der Waals surface area contributed by atoms with Gasteiger partial charge >= 0.3 is 0 Å². The number of nitrogens with one attached hydrogen (secondary N) is 1. The second kappa shape index (κ2) is 7.33. The van der Waals surface area contributed by atoms with Gasteiger partial charge in [-0.1, -0.05) is 42.8 Å². The van der Waals surface area contributed by atoms with Crippen molar-refractivity contribution in [2.24, 2.45) is 0 Å². The highest BCUT2D eigenvalue weighted by Crippen LogP contribution is 2.32. The van der Waals surface area contributed by atoms with Crippen LogP contribution in [-0.4, -0.2) is 15.0 Å². The van der Waals surface area contributed by atoms with Crippen molar-refractivity contribution < 1.29 is 13.2 Å². The summed E-state index contributed by atoms with van der Waals surface area (Å²) in [6.45, 7) is 2.61. The lowest BCUT2D eigenvalue weighted by Gasteiger charge is -2.14. The van der Waals surface area contributed by atoms with Gasteiger partial charge in [-0.05, 0) is 42.8 Å². The third-order valence-electron chi connectivity index (χ3n) is 3.69. The average molecular weight is 376 g/mol. The van der Waals surface area contributed by atoms with Crippen LogP contribution >= 0.6 is 11.6 Å². The summed E-state index contributed by atoms with van der Waals surface area (Å²) in [5.41, 5.74) is 0.458. The monoisotopic (exact) mass is 375 g/mol. The van der Waals surface area contributed by atoms with Crippen molar-refractivity contribution >= 4 is 38.1 Å². The quantitative estimate of drug-likeness (QED) is 0.653. The van der Waals surface area contributed by atoms with Crippen molar-refractivity contribution in [1.82, 2.24) is 0 Å². The average Bonchev–Trinajstić information content (AvgIpc) is 2.61. The van der Waals surface area contributed by atoms with Gasteiger partial charge in [-0.15, -0.1) is 0 Å². The maximum Gasteiger partial charge on any atom is 0.262 e. The van der Waals surface area contributed by atoms with E-state index in [1.165, 1.54) is 0 Å². The second-order valence-corrected chi connectivity index (χ2v) is 7.66. The molecule has 0 radical (unpaired) electrons. The third kappa shape index (κ3) is 3.89. The van der Waals surface area contributed by atoms with Crippen LogP contribution in [0.15, 0.2) is 65.6 Å². The second-order valence-electron chi connectivity index (χ2n) is 5.57. The standard InChI is InChI=1S/C19H18ClNO3S/c1-2-13-24-18-11-12-19(17-6-4-3-5-16(17)18)25(22,23)21-15-9-7-14(20)8-10-15/h3-12,21H,2,13H2,1H3. The predicted octanol–water partition coefficient (Wildman–Crippen LogP) is 5.08. The Balaban J connectivity index is 2.04. The molecule has 3 aromatic carbocycles. The van der Waals surface area contributed by atoms with Gasteiger partial charge in [0.2, 0.25) is 0 Å². The Morgan fingerprint density at radius 1 is 0.960 bits per heavy atom. The largest absolute Gasteiger partial charge is 0.493 e. The van der Waals surface area contributed by atoms with Crippen LogP contribution in [0.4, 0.5) is 5.69 Å². The minimum absolute atomic E-state index is 0.210. The van der Waals surface area contributed by atoms with Crippen molar-refractivity contribution in [2.45, 2.75) is 18.2 Å². The molecule has 0 unspecified atom stereocenters. The molecule has 6 heteroatoms. The van der Waals surface area contributed by atoms with E-state index in [2.05, 4.69) is 4.72 Å². The van der Waals surface area contributed by atoms with Gasteiger partial charge in [0.15, 0.2) is 0 Å². The fraction of sp³-hybridized carbons (Fsp3) is 0.158. The summed E-state index contributed by atoms with van der Waals surface area (Å²) in [4.78, 5) is 0.210. The number of ether oxygens (including phenoxy) is 1. The first-order valence-electron chi connectivity index (χ1n) is 7.94. The van der Waals surface area contributed by atoms with Crippen LogP contribution < -0.4 is 9.46 Å². The Hall–Kier alpha value is -2.24. The summed E-state index contributed by atoms with van der Waals surface area (Å²) in [5.74, 6) is 0.683. The van der Waals surface area contributed by atoms with Crippen LogP contribution in [0.25, 0.3) is 10.8 Å². The lowest BCUT2D eigenvalue weighted by atomic mass is 10.1. The number of benzene rings is 3. The predicted molar refractivity (Wildman–Crippen MR) is 102 cm³/mol. The van der Waals surface area contributed by atoms with Crippen molar-refractivity contribution in [3.05, 3.63) is 65.7 Å². The summed E-state index contributed by atoms with van der Waals surface area (Å²) in [6, 6.07) is 17.1. The van der Waals surface area contributed by atoms with E-state index < -0.39 is 10.0 Å². The molecule has 0 heterocycles. The topological polar surface area (TPSA) is 55.4 Å². The summed E-state index contributed by atoms with van der Waals surface area (Å²) < 4.78 is 34.0. The molecule has 3 aromatic rings. The van der Waals surface area contributed by atoms with Crippen molar-refractivity contribution in [3.63, 3.8) is 0 Å². The molecule has 130 valence electrons. The number of hydrogen-bond acceptors (Lipinski definition) is 3. The maximum absolute atomic E-state index is 12.8. The smallest absolute Gasteiger partial charge is 0.262 e. The molecule has 3 rings (SSSR count). The molecule has 0 aliphatic rings. The summed E-state index contributed by atoms with van der Waals surface area (Å²) in [6.07, 6.45) is 0.881. The molecular formula is C19H18ClNO3S. The molecule has 0 atom stereocenters.